The number of rotatable bonds is 3. The van der Waals surface area contributed by atoms with Crippen molar-refractivity contribution in [3.05, 3.63) is 24.3 Å². The first-order chi connectivity index (χ1) is 4.54. The van der Waals surface area contributed by atoms with E-state index in [9.17, 15) is 4.79 Å². The van der Waals surface area contributed by atoms with Crippen molar-refractivity contribution >= 4 is 5.91 Å². The van der Waals surface area contributed by atoms with Crippen molar-refractivity contribution in [1.82, 2.24) is 5.32 Å². The average molecular weight is 139 g/mol. The highest BCUT2D eigenvalue weighted by Crippen LogP contribution is 1.87. The number of carbonyl (C=O) groups is 1. The molecule has 0 rings (SSSR count). The zero-order valence-electron chi connectivity index (χ0n) is 6.53. The Morgan fingerprint density at radius 3 is 2.20 bits per heavy atom. The van der Waals surface area contributed by atoms with Gasteiger partial charge in [0.1, 0.15) is 0 Å². The van der Waals surface area contributed by atoms with Crippen LogP contribution in [0.1, 0.15) is 13.8 Å². The molecule has 0 aromatic carbocycles. The Morgan fingerprint density at radius 1 is 1.40 bits per heavy atom. The first kappa shape index (κ1) is 8.95. The second-order valence-corrected chi connectivity index (χ2v) is 2.42. The molecule has 0 spiro atoms. The van der Waals surface area contributed by atoms with Gasteiger partial charge >= 0.3 is 0 Å². The smallest absolute Gasteiger partial charge is 0.246 e. The largest absolute Gasteiger partial charge is 0.349 e. The van der Waals surface area contributed by atoms with Crippen LogP contribution in [-0.2, 0) is 4.79 Å². The van der Waals surface area contributed by atoms with Gasteiger partial charge in [0, 0.05) is 12.1 Å². The molecule has 0 aromatic heterocycles. The normalized spacial score (nSPS) is 8.60. The minimum atomic E-state index is -0.108. The molecular formula is C8H13NO. The van der Waals surface area contributed by atoms with Crippen LogP contribution in [0, 0.1) is 0 Å². The summed E-state index contributed by atoms with van der Waals surface area (Å²) in [5.41, 5.74) is 1.47. The highest BCUT2D eigenvalue weighted by Gasteiger charge is 1.98. The van der Waals surface area contributed by atoms with Gasteiger partial charge in [-0.25, -0.2) is 0 Å². The number of carbonyl (C=O) groups excluding carboxylic acids is 1. The van der Waals surface area contributed by atoms with Gasteiger partial charge in [0.2, 0.25) is 5.91 Å². The van der Waals surface area contributed by atoms with Crippen LogP contribution in [0.15, 0.2) is 24.3 Å². The number of amides is 1. The van der Waals surface area contributed by atoms with E-state index in [4.69, 9.17) is 0 Å². The summed E-state index contributed by atoms with van der Waals surface area (Å²) in [6.45, 7) is 11.2. The predicted octanol–water partition coefficient (Wildman–Crippen LogP) is 1.25. The summed E-state index contributed by atoms with van der Waals surface area (Å²) in [4.78, 5) is 10.8. The Bertz CT molecular complexity index is 170. The molecule has 0 heterocycles. The topological polar surface area (TPSA) is 29.1 Å². The van der Waals surface area contributed by atoms with Gasteiger partial charge in [0.15, 0.2) is 0 Å². The summed E-state index contributed by atoms with van der Waals surface area (Å²) in [5.74, 6) is -0.108. The SMILES string of the molecule is C=C(C)CNC(=O)C(=C)C. The maximum absolute atomic E-state index is 10.8. The second kappa shape index (κ2) is 3.88. The first-order valence-corrected chi connectivity index (χ1v) is 3.12. The summed E-state index contributed by atoms with van der Waals surface area (Å²) in [7, 11) is 0. The van der Waals surface area contributed by atoms with Crippen molar-refractivity contribution in [3.63, 3.8) is 0 Å². The lowest BCUT2D eigenvalue weighted by atomic mass is 10.3. The third-order valence-electron chi connectivity index (χ3n) is 0.938. The van der Waals surface area contributed by atoms with Gasteiger partial charge in [0.25, 0.3) is 0 Å². The zero-order chi connectivity index (χ0) is 8.15. The van der Waals surface area contributed by atoms with Gasteiger partial charge in [0.05, 0.1) is 0 Å². The van der Waals surface area contributed by atoms with Gasteiger partial charge in [-0.1, -0.05) is 18.7 Å². The molecule has 0 saturated carbocycles. The van der Waals surface area contributed by atoms with Crippen LogP contribution in [0.4, 0.5) is 0 Å². The molecule has 0 unspecified atom stereocenters. The summed E-state index contributed by atoms with van der Waals surface area (Å²) in [6.07, 6.45) is 0. The lowest BCUT2D eigenvalue weighted by Crippen LogP contribution is -2.24. The fraction of sp³-hybridized carbons (Fsp3) is 0.375. The van der Waals surface area contributed by atoms with E-state index in [0.29, 0.717) is 12.1 Å². The van der Waals surface area contributed by atoms with E-state index < -0.39 is 0 Å². The third-order valence-corrected chi connectivity index (χ3v) is 0.938. The van der Waals surface area contributed by atoms with Gasteiger partial charge in [-0.3, -0.25) is 4.79 Å². The van der Waals surface area contributed by atoms with Gasteiger partial charge < -0.3 is 5.32 Å². The molecule has 0 aliphatic heterocycles. The minimum Gasteiger partial charge on any atom is -0.349 e. The monoisotopic (exact) mass is 139 g/mol. The molecule has 0 radical (unpaired) electrons. The van der Waals surface area contributed by atoms with E-state index in [-0.39, 0.29) is 5.91 Å². The van der Waals surface area contributed by atoms with Crippen molar-refractivity contribution in [2.75, 3.05) is 6.54 Å². The summed E-state index contributed by atoms with van der Waals surface area (Å²) in [6, 6.07) is 0. The first-order valence-electron chi connectivity index (χ1n) is 3.12. The maximum Gasteiger partial charge on any atom is 0.246 e. The number of nitrogens with one attached hydrogen (secondary N) is 1. The van der Waals surface area contributed by atoms with Crippen molar-refractivity contribution in [2.45, 2.75) is 13.8 Å². The van der Waals surface area contributed by atoms with Crippen molar-refractivity contribution in [3.8, 4) is 0 Å². The molecule has 10 heavy (non-hydrogen) atoms. The molecule has 1 N–H and O–H groups in total. The summed E-state index contributed by atoms with van der Waals surface area (Å²) < 4.78 is 0. The van der Waals surface area contributed by atoms with Crippen molar-refractivity contribution in [2.24, 2.45) is 0 Å². The average Bonchev–Trinajstić information content (AvgIpc) is 1.82. The standard InChI is InChI=1S/C8H13NO/c1-6(2)5-9-8(10)7(3)4/h1,3,5H2,2,4H3,(H,9,10). The lowest BCUT2D eigenvalue weighted by molar-refractivity contribution is -0.117. The van der Waals surface area contributed by atoms with E-state index >= 15 is 0 Å². The van der Waals surface area contributed by atoms with Crippen LogP contribution < -0.4 is 5.32 Å². The lowest BCUT2D eigenvalue weighted by Gasteiger charge is -2.02. The van der Waals surface area contributed by atoms with Crippen LogP contribution in [0.5, 0.6) is 0 Å². The van der Waals surface area contributed by atoms with Crippen LogP contribution >= 0.6 is 0 Å². The quantitative estimate of drug-likeness (QED) is 0.463. The van der Waals surface area contributed by atoms with E-state index in [1.807, 2.05) is 6.92 Å². The van der Waals surface area contributed by atoms with Crippen molar-refractivity contribution in [1.29, 1.82) is 0 Å². The van der Waals surface area contributed by atoms with Crippen LogP contribution in [0.25, 0.3) is 0 Å². The Labute approximate surface area is 61.6 Å². The predicted molar refractivity (Wildman–Crippen MR) is 42.6 cm³/mol. The zero-order valence-corrected chi connectivity index (χ0v) is 6.53. The molecule has 2 heteroatoms. The van der Waals surface area contributed by atoms with E-state index in [1.165, 1.54) is 0 Å². The molecule has 0 bridgehead atoms. The van der Waals surface area contributed by atoms with Gasteiger partial charge in [-0.2, -0.15) is 0 Å². The third kappa shape index (κ3) is 3.89. The van der Waals surface area contributed by atoms with E-state index in [1.54, 1.807) is 6.92 Å². The Kier molecular flexibility index (Phi) is 3.47. The van der Waals surface area contributed by atoms with Crippen molar-refractivity contribution < 1.29 is 4.79 Å². The molecule has 0 aromatic rings. The summed E-state index contributed by atoms with van der Waals surface area (Å²) >= 11 is 0. The highest BCUT2D eigenvalue weighted by molar-refractivity contribution is 5.92. The molecule has 1 amide bonds. The molecule has 0 aliphatic carbocycles. The van der Waals surface area contributed by atoms with Crippen LogP contribution in [0.2, 0.25) is 0 Å². The van der Waals surface area contributed by atoms with E-state index in [0.717, 1.165) is 5.57 Å². The molecule has 0 atom stereocenters. The Morgan fingerprint density at radius 2 is 1.90 bits per heavy atom. The molecule has 0 aliphatic rings. The van der Waals surface area contributed by atoms with Crippen LogP contribution in [0.3, 0.4) is 0 Å². The molecule has 0 fully saturated rings. The highest BCUT2D eigenvalue weighted by atomic mass is 16.1. The molecule has 0 saturated heterocycles. The van der Waals surface area contributed by atoms with E-state index in [2.05, 4.69) is 18.5 Å². The second-order valence-electron chi connectivity index (χ2n) is 2.42. The van der Waals surface area contributed by atoms with Crippen LogP contribution in [-0.4, -0.2) is 12.5 Å². The Balaban J connectivity index is 3.60. The summed E-state index contributed by atoms with van der Waals surface area (Å²) in [5, 5.41) is 2.64. The molecule has 56 valence electrons. The molecular weight excluding hydrogens is 126 g/mol. The van der Waals surface area contributed by atoms with Gasteiger partial charge in [-0.05, 0) is 13.8 Å². The fourth-order valence-corrected chi connectivity index (χ4v) is 0.382. The number of hydrogen-bond acceptors (Lipinski definition) is 1. The minimum absolute atomic E-state index is 0.108. The molecule has 2 nitrogen and oxygen atoms in total. The fourth-order valence-electron chi connectivity index (χ4n) is 0.382. The van der Waals surface area contributed by atoms with Gasteiger partial charge in [-0.15, -0.1) is 0 Å². The number of hydrogen-bond donors (Lipinski definition) is 1. The maximum atomic E-state index is 10.8. The Hall–Kier alpha value is -1.05.